The summed E-state index contributed by atoms with van der Waals surface area (Å²) in [5.74, 6) is -0.309. The highest BCUT2D eigenvalue weighted by atomic mass is 79.9. The molecular weight excluding hydrogens is 361 g/mol. The minimum atomic E-state index is -3.14. The van der Waals surface area contributed by atoms with E-state index in [4.69, 9.17) is 5.73 Å². The van der Waals surface area contributed by atoms with Crippen LogP contribution < -0.4 is 5.73 Å². The van der Waals surface area contributed by atoms with Gasteiger partial charge in [-0.3, -0.25) is 4.90 Å². The van der Waals surface area contributed by atoms with Gasteiger partial charge in [0.1, 0.15) is 5.82 Å². The molecule has 1 aliphatic heterocycles. The lowest BCUT2D eigenvalue weighted by molar-refractivity contribution is 0.140. The number of sulfonamides is 1. The first-order valence-corrected chi connectivity index (χ1v) is 9.31. The van der Waals surface area contributed by atoms with Crippen LogP contribution in [-0.2, 0) is 10.0 Å². The molecule has 0 saturated carbocycles. The summed E-state index contributed by atoms with van der Waals surface area (Å²) in [4.78, 5) is 2.14. The number of nitrogens with two attached hydrogens (primary N) is 1. The molecule has 0 radical (unpaired) electrons. The molecule has 1 unspecified atom stereocenters. The average molecular weight is 380 g/mol. The van der Waals surface area contributed by atoms with Gasteiger partial charge in [-0.1, -0.05) is 6.07 Å². The lowest BCUT2D eigenvalue weighted by Crippen LogP contribution is -2.50. The second-order valence-electron chi connectivity index (χ2n) is 5.12. The van der Waals surface area contributed by atoms with Crippen molar-refractivity contribution >= 4 is 26.0 Å². The smallest absolute Gasteiger partial charge is 0.211 e. The average Bonchev–Trinajstić information content (AvgIpc) is 2.43. The van der Waals surface area contributed by atoms with E-state index in [0.29, 0.717) is 37.2 Å². The van der Waals surface area contributed by atoms with Gasteiger partial charge in [0.25, 0.3) is 0 Å². The van der Waals surface area contributed by atoms with E-state index in [-0.39, 0.29) is 11.9 Å². The molecule has 21 heavy (non-hydrogen) atoms. The molecule has 5 nitrogen and oxygen atoms in total. The largest absolute Gasteiger partial charge is 0.329 e. The zero-order chi connectivity index (χ0) is 15.6. The molecule has 2 rings (SSSR count). The van der Waals surface area contributed by atoms with Crippen LogP contribution in [0.3, 0.4) is 0 Å². The molecule has 0 aromatic heterocycles. The van der Waals surface area contributed by atoms with Crippen LogP contribution in [0, 0.1) is 5.82 Å². The van der Waals surface area contributed by atoms with Crippen molar-refractivity contribution in [2.24, 2.45) is 5.73 Å². The molecule has 2 N–H and O–H groups in total. The Morgan fingerprint density at radius 3 is 2.43 bits per heavy atom. The summed E-state index contributed by atoms with van der Waals surface area (Å²) in [5, 5.41) is 0. The number of rotatable bonds is 4. The maximum absolute atomic E-state index is 13.3. The van der Waals surface area contributed by atoms with Crippen molar-refractivity contribution < 1.29 is 12.8 Å². The number of hydrogen-bond donors (Lipinski definition) is 1. The maximum atomic E-state index is 13.3. The van der Waals surface area contributed by atoms with E-state index in [1.54, 1.807) is 12.1 Å². The minimum Gasteiger partial charge on any atom is -0.329 e. The SMILES string of the molecule is CS(=O)(=O)N1CCN(C(CN)c2ccc(F)c(Br)c2)CC1. The zero-order valence-corrected chi connectivity index (χ0v) is 14.2. The van der Waals surface area contributed by atoms with Gasteiger partial charge in [-0.25, -0.2) is 12.8 Å². The number of benzene rings is 1. The summed E-state index contributed by atoms with van der Waals surface area (Å²) in [5.41, 5.74) is 6.79. The number of halogens is 2. The van der Waals surface area contributed by atoms with Crippen LogP contribution in [0.2, 0.25) is 0 Å². The van der Waals surface area contributed by atoms with Crippen molar-refractivity contribution in [1.82, 2.24) is 9.21 Å². The van der Waals surface area contributed by atoms with Gasteiger partial charge in [-0.15, -0.1) is 0 Å². The monoisotopic (exact) mass is 379 g/mol. The lowest BCUT2D eigenvalue weighted by atomic mass is 10.0. The van der Waals surface area contributed by atoms with Gasteiger partial charge in [0, 0.05) is 38.8 Å². The molecular formula is C13H19BrFN3O2S. The Labute approximate surface area is 133 Å². The van der Waals surface area contributed by atoms with E-state index < -0.39 is 10.0 Å². The van der Waals surface area contributed by atoms with Gasteiger partial charge < -0.3 is 5.73 Å². The molecule has 0 bridgehead atoms. The first kappa shape index (κ1) is 16.8. The van der Waals surface area contributed by atoms with Gasteiger partial charge in [-0.2, -0.15) is 4.31 Å². The molecule has 118 valence electrons. The standard InChI is InChI=1S/C13H19BrFN3O2S/c1-21(19,20)18-6-4-17(5-7-18)13(9-16)10-2-3-12(15)11(14)8-10/h2-3,8,13H,4-7,9,16H2,1H3. The van der Waals surface area contributed by atoms with Gasteiger partial charge in [-0.05, 0) is 33.6 Å². The van der Waals surface area contributed by atoms with Crippen molar-refractivity contribution in [3.63, 3.8) is 0 Å². The summed E-state index contributed by atoms with van der Waals surface area (Å²) in [7, 11) is -3.14. The molecule has 1 heterocycles. The Morgan fingerprint density at radius 1 is 1.33 bits per heavy atom. The summed E-state index contributed by atoms with van der Waals surface area (Å²) in [6.07, 6.45) is 1.22. The van der Waals surface area contributed by atoms with E-state index in [9.17, 15) is 12.8 Å². The quantitative estimate of drug-likeness (QED) is 0.852. The molecule has 1 saturated heterocycles. The Hall–Kier alpha value is -0.540. The van der Waals surface area contributed by atoms with Crippen molar-refractivity contribution in [2.75, 3.05) is 39.0 Å². The fourth-order valence-electron chi connectivity index (χ4n) is 2.56. The van der Waals surface area contributed by atoms with Crippen LogP contribution in [0.25, 0.3) is 0 Å². The molecule has 8 heteroatoms. The van der Waals surface area contributed by atoms with Crippen LogP contribution in [-0.4, -0.2) is 56.6 Å². The Bertz CT molecular complexity index is 603. The van der Waals surface area contributed by atoms with Crippen LogP contribution in [0.15, 0.2) is 22.7 Å². The Morgan fingerprint density at radius 2 is 1.95 bits per heavy atom. The Balaban J connectivity index is 2.11. The molecule has 0 amide bonds. The highest BCUT2D eigenvalue weighted by Gasteiger charge is 2.28. The van der Waals surface area contributed by atoms with E-state index in [1.807, 2.05) is 0 Å². The Kier molecular flexibility index (Phi) is 5.37. The van der Waals surface area contributed by atoms with Gasteiger partial charge in [0.15, 0.2) is 0 Å². The second kappa shape index (κ2) is 6.70. The third kappa shape index (κ3) is 4.01. The van der Waals surface area contributed by atoms with Crippen molar-refractivity contribution in [3.8, 4) is 0 Å². The molecule has 0 aliphatic carbocycles. The number of piperazine rings is 1. The molecule has 1 aliphatic rings. The fraction of sp³-hybridized carbons (Fsp3) is 0.538. The van der Waals surface area contributed by atoms with Crippen LogP contribution in [0.4, 0.5) is 4.39 Å². The van der Waals surface area contributed by atoms with Gasteiger partial charge in [0.05, 0.1) is 10.7 Å². The molecule has 0 spiro atoms. The van der Waals surface area contributed by atoms with E-state index in [1.165, 1.54) is 16.6 Å². The summed E-state index contributed by atoms with van der Waals surface area (Å²) >= 11 is 3.18. The third-order valence-electron chi connectivity index (χ3n) is 3.73. The topological polar surface area (TPSA) is 66.6 Å². The van der Waals surface area contributed by atoms with Crippen molar-refractivity contribution in [2.45, 2.75) is 6.04 Å². The highest BCUT2D eigenvalue weighted by molar-refractivity contribution is 9.10. The predicted molar refractivity (Wildman–Crippen MR) is 83.9 cm³/mol. The van der Waals surface area contributed by atoms with E-state index in [0.717, 1.165) is 5.56 Å². The fourth-order valence-corrected chi connectivity index (χ4v) is 3.79. The molecule has 1 atom stereocenters. The van der Waals surface area contributed by atoms with Crippen molar-refractivity contribution in [3.05, 3.63) is 34.1 Å². The summed E-state index contributed by atoms with van der Waals surface area (Å²) in [6.45, 7) is 2.54. The summed E-state index contributed by atoms with van der Waals surface area (Å²) < 4.78 is 38.2. The van der Waals surface area contributed by atoms with Gasteiger partial charge >= 0.3 is 0 Å². The highest BCUT2D eigenvalue weighted by Crippen LogP contribution is 2.26. The summed E-state index contributed by atoms with van der Waals surface area (Å²) in [6, 6.07) is 4.83. The van der Waals surface area contributed by atoms with E-state index in [2.05, 4.69) is 20.8 Å². The first-order valence-electron chi connectivity index (χ1n) is 6.67. The third-order valence-corrected chi connectivity index (χ3v) is 5.65. The van der Waals surface area contributed by atoms with E-state index >= 15 is 0 Å². The maximum Gasteiger partial charge on any atom is 0.211 e. The van der Waals surface area contributed by atoms with Crippen LogP contribution in [0.1, 0.15) is 11.6 Å². The molecule has 1 aromatic rings. The lowest BCUT2D eigenvalue weighted by Gasteiger charge is -2.38. The molecule has 1 aromatic carbocycles. The van der Waals surface area contributed by atoms with Crippen molar-refractivity contribution in [1.29, 1.82) is 0 Å². The predicted octanol–water partition coefficient (Wildman–Crippen LogP) is 1.17. The number of hydrogen-bond acceptors (Lipinski definition) is 4. The number of nitrogens with zero attached hydrogens (tertiary/aromatic N) is 2. The first-order chi connectivity index (χ1) is 9.82. The second-order valence-corrected chi connectivity index (χ2v) is 7.96. The normalized spacial score (nSPS) is 19.6. The zero-order valence-electron chi connectivity index (χ0n) is 11.8. The van der Waals surface area contributed by atoms with Crippen LogP contribution in [0.5, 0.6) is 0 Å². The van der Waals surface area contributed by atoms with Gasteiger partial charge in [0.2, 0.25) is 10.0 Å². The molecule has 1 fully saturated rings. The minimum absolute atomic E-state index is 0.0383. The van der Waals surface area contributed by atoms with Crippen LogP contribution >= 0.6 is 15.9 Å².